The quantitative estimate of drug-likeness (QED) is 0.916. The van der Waals surface area contributed by atoms with E-state index in [2.05, 4.69) is 20.7 Å². The number of benzene rings is 1. The topological polar surface area (TPSA) is 55.6 Å². The molecule has 1 aromatic carbocycles. The molecule has 0 saturated heterocycles. The molecule has 84 valence electrons. The highest BCUT2D eigenvalue weighted by molar-refractivity contribution is 6.36. The molecule has 0 amide bonds. The summed E-state index contributed by atoms with van der Waals surface area (Å²) in [5.41, 5.74) is 0.790. The van der Waals surface area contributed by atoms with Gasteiger partial charge in [-0.15, -0.1) is 10.2 Å². The molecule has 0 fully saturated rings. The zero-order valence-corrected chi connectivity index (χ0v) is 10.00. The molecular weight excluding hydrogens is 249 g/mol. The highest BCUT2D eigenvalue weighted by Gasteiger charge is 2.03. The molecular formula is C9H9Cl2N5. The second-order valence-electron chi connectivity index (χ2n) is 3.17. The zero-order valence-electron chi connectivity index (χ0n) is 8.48. The average molecular weight is 258 g/mol. The van der Waals surface area contributed by atoms with Crippen molar-refractivity contribution in [1.29, 1.82) is 0 Å². The van der Waals surface area contributed by atoms with Gasteiger partial charge in [-0.05, 0) is 23.4 Å². The lowest BCUT2D eigenvalue weighted by atomic mass is 10.3. The first kappa shape index (κ1) is 11.2. The lowest BCUT2D eigenvalue weighted by molar-refractivity contribution is 0.628. The summed E-state index contributed by atoms with van der Waals surface area (Å²) in [5, 5.41) is 15.9. The van der Waals surface area contributed by atoms with Crippen LogP contribution < -0.4 is 5.32 Å². The number of aromatic nitrogens is 4. The van der Waals surface area contributed by atoms with Gasteiger partial charge in [-0.1, -0.05) is 23.2 Å². The zero-order chi connectivity index (χ0) is 11.5. The Kier molecular flexibility index (Phi) is 3.26. The number of rotatable bonds is 3. The highest BCUT2D eigenvalue weighted by atomic mass is 35.5. The molecule has 5 nitrogen and oxygen atoms in total. The van der Waals surface area contributed by atoms with Gasteiger partial charge < -0.3 is 5.32 Å². The molecule has 2 aromatic rings. The number of hydrogen-bond acceptors (Lipinski definition) is 4. The fourth-order valence-corrected chi connectivity index (χ4v) is 1.68. The summed E-state index contributed by atoms with van der Waals surface area (Å²) in [6.07, 6.45) is 0. The number of nitrogens with zero attached hydrogens (tertiary/aromatic N) is 4. The fourth-order valence-electron chi connectivity index (χ4n) is 1.20. The summed E-state index contributed by atoms with van der Waals surface area (Å²) < 4.78 is 0. The third-order valence-electron chi connectivity index (χ3n) is 1.92. The summed E-state index contributed by atoms with van der Waals surface area (Å²) in [6.45, 7) is 0.467. The molecule has 0 radical (unpaired) electrons. The van der Waals surface area contributed by atoms with Gasteiger partial charge in [-0.3, -0.25) is 0 Å². The van der Waals surface area contributed by atoms with Gasteiger partial charge in [0.05, 0.1) is 24.3 Å². The van der Waals surface area contributed by atoms with Crippen LogP contribution in [0.15, 0.2) is 18.2 Å². The van der Waals surface area contributed by atoms with Crippen molar-refractivity contribution in [3.63, 3.8) is 0 Å². The van der Waals surface area contributed by atoms with Crippen LogP contribution in [0.2, 0.25) is 10.0 Å². The lowest BCUT2D eigenvalue weighted by Gasteiger charge is -2.05. The van der Waals surface area contributed by atoms with Crippen LogP contribution >= 0.6 is 23.2 Å². The fraction of sp³-hybridized carbons (Fsp3) is 0.222. The Morgan fingerprint density at radius 3 is 2.81 bits per heavy atom. The van der Waals surface area contributed by atoms with Crippen molar-refractivity contribution in [1.82, 2.24) is 20.2 Å². The van der Waals surface area contributed by atoms with E-state index in [9.17, 15) is 0 Å². The maximum atomic E-state index is 5.99. The second kappa shape index (κ2) is 4.67. The van der Waals surface area contributed by atoms with Crippen LogP contribution in [0.3, 0.4) is 0 Å². The summed E-state index contributed by atoms with van der Waals surface area (Å²) >= 11 is 11.8. The lowest BCUT2D eigenvalue weighted by Crippen LogP contribution is -2.02. The van der Waals surface area contributed by atoms with Crippen molar-refractivity contribution in [2.45, 2.75) is 6.54 Å². The molecule has 0 spiro atoms. The number of aryl methyl sites for hydroxylation is 1. The minimum absolute atomic E-state index is 0.467. The summed E-state index contributed by atoms with van der Waals surface area (Å²) in [7, 11) is 1.71. The molecule has 0 aliphatic carbocycles. The number of nitrogens with one attached hydrogen (secondary N) is 1. The molecule has 1 N–H and O–H groups in total. The normalized spacial score (nSPS) is 10.4. The van der Waals surface area contributed by atoms with Crippen LogP contribution in [-0.2, 0) is 13.6 Å². The smallest absolute Gasteiger partial charge is 0.193 e. The molecule has 0 bridgehead atoms. The van der Waals surface area contributed by atoms with E-state index >= 15 is 0 Å². The van der Waals surface area contributed by atoms with Crippen LogP contribution in [0.25, 0.3) is 0 Å². The standard InChI is InChI=1S/C9H9Cl2N5/c1-16-14-9(13-15-16)5-12-8-3-2-6(10)4-7(8)11/h2-4,12H,5H2,1H3. The first-order valence-electron chi connectivity index (χ1n) is 4.57. The number of anilines is 1. The monoisotopic (exact) mass is 257 g/mol. The van der Waals surface area contributed by atoms with Gasteiger partial charge in [0.2, 0.25) is 0 Å². The Morgan fingerprint density at radius 1 is 1.38 bits per heavy atom. The van der Waals surface area contributed by atoms with Crippen molar-refractivity contribution < 1.29 is 0 Å². The Balaban J connectivity index is 2.04. The van der Waals surface area contributed by atoms with Crippen LogP contribution in [-0.4, -0.2) is 20.2 Å². The van der Waals surface area contributed by atoms with Gasteiger partial charge >= 0.3 is 0 Å². The van der Waals surface area contributed by atoms with E-state index in [-0.39, 0.29) is 0 Å². The Bertz CT molecular complexity index is 496. The van der Waals surface area contributed by atoms with E-state index in [1.165, 1.54) is 4.80 Å². The molecule has 0 atom stereocenters. The molecule has 0 aliphatic heterocycles. The maximum absolute atomic E-state index is 5.99. The van der Waals surface area contributed by atoms with Gasteiger partial charge in [0.15, 0.2) is 5.82 Å². The van der Waals surface area contributed by atoms with E-state index in [0.29, 0.717) is 22.4 Å². The molecule has 1 heterocycles. The van der Waals surface area contributed by atoms with Crippen molar-refractivity contribution in [2.75, 3.05) is 5.32 Å². The van der Waals surface area contributed by atoms with Crippen molar-refractivity contribution in [3.8, 4) is 0 Å². The molecule has 0 aliphatic rings. The van der Waals surface area contributed by atoms with Crippen molar-refractivity contribution in [3.05, 3.63) is 34.1 Å². The van der Waals surface area contributed by atoms with E-state index in [1.807, 2.05) is 0 Å². The van der Waals surface area contributed by atoms with Crippen molar-refractivity contribution in [2.24, 2.45) is 7.05 Å². The van der Waals surface area contributed by atoms with Gasteiger partial charge in [0.1, 0.15) is 0 Å². The number of halogens is 2. The van der Waals surface area contributed by atoms with Crippen LogP contribution in [0, 0.1) is 0 Å². The molecule has 0 saturated carbocycles. The molecule has 1 aromatic heterocycles. The third kappa shape index (κ3) is 2.62. The first-order valence-corrected chi connectivity index (χ1v) is 5.32. The van der Waals surface area contributed by atoms with Gasteiger partial charge in [-0.25, -0.2) is 0 Å². The molecule has 16 heavy (non-hydrogen) atoms. The second-order valence-corrected chi connectivity index (χ2v) is 4.02. The number of tetrazole rings is 1. The number of hydrogen-bond donors (Lipinski definition) is 1. The van der Waals surface area contributed by atoms with E-state index in [0.717, 1.165) is 5.69 Å². The average Bonchev–Trinajstić information content (AvgIpc) is 2.63. The van der Waals surface area contributed by atoms with Gasteiger partial charge in [0, 0.05) is 5.02 Å². The van der Waals surface area contributed by atoms with Gasteiger partial charge in [-0.2, -0.15) is 4.80 Å². The molecule has 2 rings (SSSR count). The predicted octanol–water partition coefficient (Wildman–Crippen LogP) is 2.13. The summed E-state index contributed by atoms with van der Waals surface area (Å²) in [5.74, 6) is 0.605. The third-order valence-corrected chi connectivity index (χ3v) is 2.47. The Labute approximate surface area is 102 Å². The predicted molar refractivity (Wildman–Crippen MR) is 62.6 cm³/mol. The first-order chi connectivity index (χ1) is 7.65. The summed E-state index contributed by atoms with van der Waals surface area (Å²) in [6, 6.07) is 5.25. The maximum Gasteiger partial charge on any atom is 0.193 e. The minimum Gasteiger partial charge on any atom is -0.376 e. The largest absolute Gasteiger partial charge is 0.376 e. The Morgan fingerprint density at radius 2 is 2.19 bits per heavy atom. The SMILES string of the molecule is Cn1nnc(CNc2ccc(Cl)cc2Cl)n1. The Hall–Kier alpha value is -1.33. The van der Waals surface area contributed by atoms with Crippen LogP contribution in [0.1, 0.15) is 5.82 Å². The minimum atomic E-state index is 0.467. The van der Waals surface area contributed by atoms with E-state index in [4.69, 9.17) is 23.2 Å². The van der Waals surface area contributed by atoms with E-state index in [1.54, 1.807) is 25.2 Å². The summed E-state index contributed by atoms with van der Waals surface area (Å²) in [4.78, 5) is 1.40. The highest BCUT2D eigenvalue weighted by Crippen LogP contribution is 2.25. The molecule has 7 heteroatoms. The molecule has 0 unspecified atom stereocenters. The van der Waals surface area contributed by atoms with E-state index < -0.39 is 0 Å². The van der Waals surface area contributed by atoms with Crippen molar-refractivity contribution >= 4 is 28.9 Å². The van der Waals surface area contributed by atoms with Crippen LogP contribution in [0.5, 0.6) is 0 Å². The van der Waals surface area contributed by atoms with Crippen LogP contribution in [0.4, 0.5) is 5.69 Å². The van der Waals surface area contributed by atoms with Gasteiger partial charge in [0.25, 0.3) is 0 Å².